The van der Waals surface area contributed by atoms with Crippen LogP contribution in [0.5, 0.6) is 0 Å². The van der Waals surface area contributed by atoms with E-state index in [1.165, 1.54) is 50.3 Å². The molecule has 6 nitrogen and oxygen atoms in total. The van der Waals surface area contributed by atoms with E-state index in [9.17, 15) is 14.9 Å². The molecule has 6 heteroatoms. The quantitative estimate of drug-likeness (QED) is 0.495. The van der Waals surface area contributed by atoms with Gasteiger partial charge in [-0.15, -0.1) is 0 Å². The number of nitro benzene ring substituents is 1. The van der Waals surface area contributed by atoms with Crippen molar-refractivity contribution in [3.8, 4) is 0 Å². The highest BCUT2D eigenvalue weighted by molar-refractivity contribution is 5.95. The number of hydrogen-bond acceptors (Lipinski definition) is 4. The minimum atomic E-state index is -0.575. The molecule has 0 heterocycles. The zero-order valence-electron chi connectivity index (χ0n) is 12.0. The van der Waals surface area contributed by atoms with E-state index in [0.717, 1.165) is 6.42 Å². The lowest BCUT2D eigenvalue weighted by atomic mass is 9.87. The zero-order chi connectivity index (χ0) is 15.2. The summed E-state index contributed by atoms with van der Waals surface area (Å²) in [5.74, 6) is 0.411. The Labute approximate surface area is 123 Å². The van der Waals surface area contributed by atoms with E-state index in [4.69, 9.17) is 5.73 Å². The van der Waals surface area contributed by atoms with Gasteiger partial charge < -0.3 is 11.1 Å². The van der Waals surface area contributed by atoms with E-state index < -0.39 is 4.92 Å². The fourth-order valence-electron chi connectivity index (χ4n) is 2.81. The van der Waals surface area contributed by atoms with Crippen LogP contribution >= 0.6 is 0 Å². The molecule has 1 aromatic carbocycles. The van der Waals surface area contributed by atoms with E-state index in [1.54, 1.807) is 0 Å². The van der Waals surface area contributed by atoms with E-state index in [0.29, 0.717) is 12.5 Å². The summed E-state index contributed by atoms with van der Waals surface area (Å²) in [5.41, 5.74) is 5.63. The van der Waals surface area contributed by atoms with E-state index in [-0.39, 0.29) is 22.8 Å². The highest BCUT2D eigenvalue weighted by Crippen LogP contribution is 2.26. The smallest absolute Gasteiger partial charge is 0.292 e. The molecule has 1 aliphatic carbocycles. The van der Waals surface area contributed by atoms with Crippen molar-refractivity contribution in [2.24, 2.45) is 5.92 Å². The lowest BCUT2D eigenvalue weighted by Crippen LogP contribution is -2.26. The summed E-state index contributed by atoms with van der Waals surface area (Å²) in [7, 11) is 0. The first-order valence-corrected chi connectivity index (χ1v) is 7.40. The minimum Gasteiger partial charge on any atom is -0.393 e. The number of nitro groups is 1. The second kappa shape index (κ2) is 7.06. The molecule has 2 rings (SSSR count). The Morgan fingerprint density at radius 3 is 2.71 bits per heavy atom. The fourth-order valence-corrected chi connectivity index (χ4v) is 2.81. The number of hydrogen-bond donors (Lipinski definition) is 2. The number of anilines is 1. The first kappa shape index (κ1) is 15.3. The summed E-state index contributed by atoms with van der Waals surface area (Å²) in [6, 6.07) is 4.14. The van der Waals surface area contributed by atoms with E-state index in [2.05, 4.69) is 5.32 Å². The summed E-state index contributed by atoms with van der Waals surface area (Å²) in [4.78, 5) is 22.2. The maximum atomic E-state index is 12.0. The van der Waals surface area contributed by atoms with Gasteiger partial charge in [0.1, 0.15) is 5.69 Å². The number of nitrogens with two attached hydrogens (primary N) is 1. The van der Waals surface area contributed by atoms with Crippen molar-refractivity contribution in [1.82, 2.24) is 5.32 Å². The van der Waals surface area contributed by atoms with Gasteiger partial charge in [0.15, 0.2) is 0 Å². The highest BCUT2D eigenvalue weighted by atomic mass is 16.6. The predicted molar refractivity (Wildman–Crippen MR) is 81.0 cm³/mol. The molecule has 1 saturated carbocycles. The van der Waals surface area contributed by atoms with Crippen LogP contribution in [0.3, 0.4) is 0 Å². The van der Waals surface area contributed by atoms with Crippen molar-refractivity contribution in [3.63, 3.8) is 0 Å². The van der Waals surface area contributed by atoms with Gasteiger partial charge in [0.25, 0.3) is 11.6 Å². The van der Waals surface area contributed by atoms with Gasteiger partial charge in [-0.1, -0.05) is 32.1 Å². The summed E-state index contributed by atoms with van der Waals surface area (Å²) in [5, 5.41) is 13.6. The Morgan fingerprint density at radius 1 is 1.33 bits per heavy atom. The summed E-state index contributed by atoms with van der Waals surface area (Å²) in [6.45, 7) is 0.613. The van der Waals surface area contributed by atoms with Crippen molar-refractivity contribution >= 4 is 17.3 Å². The van der Waals surface area contributed by atoms with Crippen LogP contribution in [-0.4, -0.2) is 17.4 Å². The molecule has 114 valence electrons. The first-order valence-electron chi connectivity index (χ1n) is 7.40. The molecule has 1 amide bonds. The van der Waals surface area contributed by atoms with Crippen LogP contribution in [0.25, 0.3) is 0 Å². The average Bonchev–Trinajstić information content (AvgIpc) is 2.48. The third-order valence-electron chi connectivity index (χ3n) is 4.05. The molecule has 1 aliphatic rings. The van der Waals surface area contributed by atoms with E-state index >= 15 is 0 Å². The topological polar surface area (TPSA) is 98.3 Å². The number of amides is 1. The Morgan fingerprint density at radius 2 is 2.05 bits per heavy atom. The van der Waals surface area contributed by atoms with Crippen molar-refractivity contribution in [3.05, 3.63) is 33.9 Å². The molecular formula is C15H21N3O3. The van der Waals surface area contributed by atoms with Crippen LogP contribution < -0.4 is 11.1 Å². The average molecular weight is 291 g/mol. The normalized spacial score (nSPS) is 15.6. The Hall–Kier alpha value is -2.11. The van der Waals surface area contributed by atoms with Crippen LogP contribution in [0, 0.1) is 16.0 Å². The summed E-state index contributed by atoms with van der Waals surface area (Å²) in [6.07, 6.45) is 7.33. The van der Waals surface area contributed by atoms with E-state index in [1.807, 2.05) is 0 Å². The van der Waals surface area contributed by atoms with Gasteiger partial charge in [0, 0.05) is 18.2 Å². The maximum absolute atomic E-state index is 12.0. The Bertz CT molecular complexity index is 525. The second-order valence-electron chi connectivity index (χ2n) is 5.58. The number of nitrogens with zero attached hydrogens (tertiary/aromatic N) is 1. The Balaban J connectivity index is 1.88. The van der Waals surface area contributed by atoms with Gasteiger partial charge in [-0.25, -0.2) is 0 Å². The molecular weight excluding hydrogens is 270 g/mol. The number of nitrogen functional groups attached to an aromatic ring is 1. The lowest BCUT2D eigenvalue weighted by molar-refractivity contribution is -0.383. The molecule has 0 aromatic heterocycles. The molecule has 0 bridgehead atoms. The highest BCUT2D eigenvalue weighted by Gasteiger charge is 2.16. The molecule has 21 heavy (non-hydrogen) atoms. The molecule has 1 fully saturated rings. The van der Waals surface area contributed by atoms with Crippen LogP contribution in [0.15, 0.2) is 18.2 Å². The lowest BCUT2D eigenvalue weighted by Gasteiger charge is -2.21. The molecule has 0 aliphatic heterocycles. The molecule has 1 aromatic rings. The number of carbonyl (C=O) groups excluding carboxylic acids is 1. The van der Waals surface area contributed by atoms with Crippen molar-refractivity contribution in [2.75, 3.05) is 12.3 Å². The van der Waals surface area contributed by atoms with Gasteiger partial charge in [0.2, 0.25) is 0 Å². The number of nitrogens with one attached hydrogen (secondary N) is 1. The number of rotatable bonds is 5. The SMILES string of the molecule is Nc1ccc(C(=O)NCCC2CCCCC2)cc1[N+](=O)[O-]. The van der Waals surface area contributed by atoms with Crippen LogP contribution in [0.4, 0.5) is 11.4 Å². The molecule has 0 spiro atoms. The van der Waals surface area contributed by atoms with Crippen molar-refractivity contribution < 1.29 is 9.72 Å². The second-order valence-corrected chi connectivity index (χ2v) is 5.58. The van der Waals surface area contributed by atoms with Gasteiger partial charge >= 0.3 is 0 Å². The fraction of sp³-hybridized carbons (Fsp3) is 0.533. The summed E-state index contributed by atoms with van der Waals surface area (Å²) >= 11 is 0. The molecule has 3 N–H and O–H groups in total. The molecule has 0 atom stereocenters. The predicted octanol–water partition coefficient (Wildman–Crippen LogP) is 2.88. The van der Waals surface area contributed by atoms with Crippen molar-refractivity contribution in [1.29, 1.82) is 0 Å². The number of benzene rings is 1. The minimum absolute atomic E-state index is 0.0683. The third kappa shape index (κ3) is 4.18. The van der Waals surface area contributed by atoms with Gasteiger partial charge in [0.05, 0.1) is 4.92 Å². The third-order valence-corrected chi connectivity index (χ3v) is 4.05. The van der Waals surface area contributed by atoms with Crippen LogP contribution in [0.1, 0.15) is 48.9 Å². The molecule has 0 unspecified atom stereocenters. The van der Waals surface area contributed by atoms with Crippen LogP contribution in [-0.2, 0) is 0 Å². The van der Waals surface area contributed by atoms with Gasteiger partial charge in [-0.05, 0) is 24.5 Å². The first-order chi connectivity index (χ1) is 10.1. The monoisotopic (exact) mass is 291 g/mol. The largest absolute Gasteiger partial charge is 0.393 e. The maximum Gasteiger partial charge on any atom is 0.292 e. The number of carbonyl (C=O) groups is 1. The zero-order valence-corrected chi connectivity index (χ0v) is 12.0. The molecule has 0 radical (unpaired) electrons. The summed E-state index contributed by atoms with van der Waals surface area (Å²) < 4.78 is 0. The Kier molecular flexibility index (Phi) is 5.14. The molecule has 0 saturated heterocycles. The van der Waals surface area contributed by atoms with Gasteiger partial charge in [-0.2, -0.15) is 0 Å². The van der Waals surface area contributed by atoms with Crippen LogP contribution in [0.2, 0.25) is 0 Å². The van der Waals surface area contributed by atoms with Gasteiger partial charge in [-0.3, -0.25) is 14.9 Å². The van der Waals surface area contributed by atoms with Crippen molar-refractivity contribution in [2.45, 2.75) is 38.5 Å². The standard InChI is InChI=1S/C15H21N3O3/c16-13-7-6-12(10-14(13)18(20)21)15(19)17-9-8-11-4-2-1-3-5-11/h6-7,10-11H,1-5,8-9,16H2,(H,17,19).